The predicted molar refractivity (Wildman–Crippen MR) is 89.9 cm³/mol. The van der Waals surface area contributed by atoms with Crippen molar-refractivity contribution in [2.75, 3.05) is 11.5 Å². The summed E-state index contributed by atoms with van der Waals surface area (Å²) in [6, 6.07) is 7.54. The number of ether oxygens (including phenoxy) is 1. The number of amides is 1. The molecule has 0 N–H and O–H groups in total. The number of anilines is 1. The Morgan fingerprint density at radius 2 is 2.05 bits per heavy atom. The van der Waals surface area contributed by atoms with Crippen LogP contribution in [0.5, 0.6) is 0 Å². The molecule has 0 saturated heterocycles. The van der Waals surface area contributed by atoms with Crippen LogP contribution >= 0.6 is 0 Å². The molecule has 0 aromatic heterocycles. The van der Waals surface area contributed by atoms with Crippen LogP contribution < -0.4 is 4.90 Å². The number of fused-ring (bicyclic) bond motifs is 1. The van der Waals surface area contributed by atoms with Gasteiger partial charge in [-0.25, -0.2) is 4.79 Å². The van der Waals surface area contributed by atoms with Crippen LogP contribution in [-0.2, 0) is 4.74 Å². The number of para-hydroxylation sites is 1. The van der Waals surface area contributed by atoms with E-state index < -0.39 is 8.07 Å². The average Bonchev–Trinajstić information content (AvgIpc) is 2.43. The van der Waals surface area contributed by atoms with Gasteiger partial charge in [-0.1, -0.05) is 49.8 Å². The quantitative estimate of drug-likeness (QED) is 0.581. The van der Waals surface area contributed by atoms with Crippen molar-refractivity contribution in [1.82, 2.24) is 0 Å². The largest absolute Gasteiger partial charge is 0.449 e. The van der Waals surface area contributed by atoms with Gasteiger partial charge in [-0.05, 0) is 24.6 Å². The lowest BCUT2D eigenvalue weighted by atomic mass is 10.0. The molecular formula is C17H21NO2Si. The highest BCUT2D eigenvalue weighted by atomic mass is 28.3. The Morgan fingerprint density at radius 3 is 2.71 bits per heavy atom. The molecule has 21 heavy (non-hydrogen) atoms. The van der Waals surface area contributed by atoms with Crippen LogP contribution in [0.15, 0.2) is 30.3 Å². The monoisotopic (exact) mass is 299 g/mol. The van der Waals surface area contributed by atoms with Gasteiger partial charge in [-0.2, -0.15) is 0 Å². The predicted octanol–water partition coefficient (Wildman–Crippen LogP) is 3.93. The molecule has 1 atom stereocenters. The molecule has 1 aliphatic rings. The van der Waals surface area contributed by atoms with Crippen molar-refractivity contribution in [3.05, 3.63) is 35.9 Å². The van der Waals surface area contributed by atoms with E-state index in [0.29, 0.717) is 6.61 Å². The third kappa shape index (κ3) is 3.76. The Morgan fingerprint density at radius 1 is 1.33 bits per heavy atom. The molecule has 1 aromatic carbocycles. The van der Waals surface area contributed by atoms with Gasteiger partial charge in [-0.15, -0.1) is 5.54 Å². The van der Waals surface area contributed by atoms with Gasteiger partial charge in [0.25, 0.3) is 0 Å². The first-order valence-electron chi connectivity index (χ1n) is 7.18. The summed E-state index contributed by atoms with van der Waals surface area (Å²) in [7, 11) is -1.49. The number of carbonyl (C=O) groups excluding carboxylic acids is 1. The fourth-order valence-electron chi connectivity index (χ4n) is 2.09. The van der Waals surface area contributed by atoms with Crippen LogP contribution in [0.2, 0.25) is 19.6 Å². The lowest BCUT2D eigenvalue weighted by molar-refractivity contribution is 0.159. The van der Waals surface area contributed by atoms with Gasteiger partial charge in [0.05, 0.1) is 12.3 Å². The van der Waals surface area contributed by atoms with Crippen molar-refractivity contribution in [3.8, 4) is 11.5 Å². The minimum absolute atomic E-state index is 0.259. The van der Waals surface area contributed by atoms with Gasteiger partial charge in [0, 0.05) is 0 Å². The minimum atomic E-state index is -1.49. The Bertz CT molecular complexity index is 620. The lowest BCUT2D eigenvalue weighted by Crippen LogP contribution is -2.41. The lowest BCUT2D eigenvalue weighted by Gasteiger charge is -2.30. The number of carbonyl (C=O) groups is 1. The van der Waals surface area contributed by atoms with E-state index in [9.17, 15) is 4.79 Å². The Kier molecular flexibility index (Phi) is 4.54. The Labute approximate surface area is 127 Å². The molecule has 1 heterocycles. The van der Waals surface area contributed by atoms with Gasteiger partial charge in [0.2, 0.25) is 0 Å². The number of hydrogen-bond donors (Lipinski definition) is 0. The van der Waals surface area contributed by atoms with E-state index in [2.05, 4.69) is 31.1 Å². The average molecular weight is 299 g/mol. The van der Waals surface area contributed by atoms with Crippen LogP contribution in [0.4, 0.5) is 10.5 Å². The normalized spacial score (nSPS) is 16.8. The second kappa shape index (κ2) is 6.19. The van der Waals surface area contributed by atoms with Crippen molar-refractivity contribution in [2.24, 2.45) is 0 Å². The topological polar surface area (TPSA) is 29.5 Å². The zero-order valence-electron chi connectivity index (χ0n) is 13.0. The van der Waals surface area contributed by atoms with Gasteiger partial charge < -0.3 is 4.74 Å². The maximum absolute atomic E-state index is 12.3. The molecule has 0 saturated carbocycles. The van der Waals surface area contributed by atoms with Crippen molar-refractivity contribution in [3.63, 3.8) is 0 Å². The van der Waals surface area contributed by atoms with Crippen molar-refractivity contribution in [2.45, 2.75) is 32.6 Å². The van der Waals surface area contributed by atoms with Crippen molar-refractivity contribution < 1.29 is 9.53 Å². The SMILES string of the molecule is CCOC(=O)N1c2ccccc2C=C[C@H]1C#C[Si](C)(C)C. The van der Waals surface area contributed by atoms with E-state index in [4.69, 9.17) is 4.74 Å². The van der Waals surface area contributed by atoms with Gasteiger partial charge in [0.15, 0.2) is 0 Å². The maximum atomic E-state index is 12.3. The molecule has 1 amide bonds. The summed E-state index contributed by atoms with van der Waals surface area (Å²) in [4.78, 5) is 14.0. The minimum Gasteiger partial charge on any atom is -0.449 e. The van der Waals surface area contributed by atoms with E-state index in [1.54, 1.807) is 4.90 Å². The van der Waals surface area contributed by atoms with E-state index >= 15 is 0 Å². The zero-order chi connectivity index (χ0) is 15.5. The fourth-order valence-corrected chi connectivity index (χ4v) is 2.67. The van der Waals surface area contributed by atoms with Gasteiger partial charge >= 0.3 is 6.09 Å². The third-order valence-electron chi connectivity index (χ3n) is 2.99. The van der Waals surface area contributed by atoms with Crippen LogP contribution in [0.25, 0.3) is 6.08 Å². The summed E-state index contributed by atoms with van der Waals surface area (Å²) in [6.07, 6.45) is 3.64. The summed E-state index contributed by atoms with van der Waals surface area (Å²) in [5, 5.41) is 0. The smallest absolute Gasteiger partial charge is 0.415 e. The number of rotatable bonds is 1. The second-order valence-corrected chi connectivity index (χ2v) is 10.7. The summed E-state index contributed by atoms with van der Waals surface area (Å²) >= 11 is 0. The van der Waals surface area contributed by atoms with E-state index in [1.807, 2.05) is 43.3 Å². The summed E-state index contributed by atoms with van der Waals surface area (Å²) < 4.78 is 5.20. The molecular weight excluding hydrogens is 278 g/mol. The van der Waals surface area contributed by atoms with Crippen LogP contribution in [-0.4, -0.2) is 26.8 Å². The van der Waals surface area contributed by atoms with Gasteiger partial charge in [0.1, 0.15) is 14.1 Å². The first kappa shape index (κ1) is 15.4. The highest BCUT2D eigenvalue weighted by molar-refractivity contribution is 6.83. The Hall–Kier alpha value is -1.99. The third-order valence-corrected chi connectivity index (χ3v) is 3.89. The Balaban J connectivity index is 2.41. The number of benzene rings is 1. The highest BCUT2D eigenvalue weighted by Gasteiger charge is 2.28. The molecule has 1 aromatic rings. The van der Waals surface area contributed by atoms with E-state index in [1.165, 1.54) is 0 Å². The van der Waals surface area contributed by atoms with Crippen molar-refractivity contribution in [1.29, 1.82) is 0 Å². The van der Waals surface area contributed by atoms with Crippen LogP contribution in [0, 0.1) is 11.5 Å². The molecule has 110 valence electrons. The molecule has 3 nitrogen and oxygen atoms in total. The first-order chi connectivity index (χ1) is 9.92. The summed E-state index contributed by atoms with van der Waals surface area (Å²) in [5.74, 6) is 3.24. The highest BCUT2D eigenvalue weighted by Crippen LogP contribution is 2.29. The molecule has 0 bridgehead atoms. The van der Waals surface area contributed by atoms with Crippen LogP contribution in [0.1, 0.15) is 12.5 Å². The summed E-state index contributed by atoms with van der Waals surface area (Å²) in [6.45, 7) is 8.74. The second-order valence-electron chi connectivity index (χ2n) is 5.95. The molecule has 0 aliphatic carbocycles. The molecule has 0 spiro atoms. The summed E-state index contributed by atoms with van der Waals surface area (Å²) in [5.41, 5.74) is 5.20. The fraction of sp³-hybridized carbons (Fsp3) is 0.353. The molecule has 2 rings (SSSR count). The molecule has 4 heteroatoms. The number of nitrogens with zero attached hydrogens (tertiary/aromatic N) is 1. The van der Waals surface area contributed by atoms with E-state index in [-0.39, 0.29) is 12.1 Å². The first-order valence-corrected chi connectivity index (χ1v) is 10.7. The zero-order valence-corrected chi connectivity index (χ0v) is 14.0. The molecule has 0 unspecified atom stereocenters. The molecule has 0 radical (unpaired) electrons. The van der Waals surface area contributed by atoms with E-state index in [0.717, 1.165) is 11.3 Å². The van der Waals surface area contributed by atoms with Crippen LogP contribution in [0.3, 0.4) is 0 Å². The van der Waals surface area contributed by atoms with Crippen molar-refractivity contribution >= 4 is 25.9 Å². The van der Waals surface area contributed by atoms with Gasteiger partial charge in [-0.3, -0.25) is 4.90 Å². The molecule has 0 fully saturated rings. The standard InChI is InChI=1S/C17H21NO2Si/c1-5-20-17(19)18-15(12-13-21(2,3)4)11-10-14-8-6-7-9-16(14)18/h6-11,15H,5H2,1-4H3/t15-/m0/s1. The maximum Gasteiger partial charge on any atom is 0.415 e. The number of hydrogen-bond acceptors (Lipinski definition) is 2. The molecule has 1 aliphatic heterocycles.